The van der Waals surface area contributed by atoms with E-state index in [0.29, 0.717) is 19.1 Å². The molecule has 2 heterocycles. The van der Waals surface area contributed by atoms with Crippen LogP contribution in [-0.2, 0) is 11.2 Å². The molecule has 1 fully saturated rings. The molecule has 6 heteroatoms. The number of amides is 1. The second-order valence-electron chi connectivity index (χ2n) is 6.69. The lowest BCUT2D eigenvalue weighted by Gasteiger charge is -2.11. The molecule has 4 rings (SSSR count). The second-order valence-corrected chi connectivity index (χ2v) is 7.53. The highest BCUT2D eigenvalue weighted by Crippen LogP contribution is 2.26. The number of rotatable bonds is 6. The standard InChI is InChI=1S/C20H23N3O2S/c1-2-25-17-9-7-14(8-10-17)18-12-23-16(13-26-20(23)22-18)11-19(24)21-15-5-3-4-6-15/h7-10,12-13,15H,2-6,11H2,1H3,(H,21,24). The minimum atomic E-state index is 0.105. The Balaban J connectivity index is 1.50. The van der Waals surface area contributed by atoms with Crippen LogP contribution >= 0.6 is 11.3 Å². The van der Waals surface area contributed by atoms with E-state index in [1.165, 1.54) is 12.8 Å². The minimum Gasteiger partial charge on any atom is -0.494 e. The lowest BCUT2D eigenvalue weighted by Crippen LogP contribution is -2.33. The number of aromatic nitrogens is 2. The van der Waals surface area contributed by atoms with Gasteiger partial charge in [-0.1, -0.05) is 12.8 Å². The Bertz CT molecular complexity index is 892. The Hall–Kier alpha value is -2.34. The molecule has 1 N–H and O–H groups in total. The molecule has 3 aromatic rings. The molecule has 2 aromatic heterocycles. The summed E-state index contributed by atoms with van der Waals surface area (Å²) in [6.07, 6.45) is 7.08. The maximum atomic E-state index is 12.3. The molecule has 26 heavy (non-hydrogen) atoms. The number of imidazole rings is 1. The molecule has 1 aliphatic rings. The fourth-order valence-corrected chi connectivity index (χ4v) is 4.37. The first-order valence-electron chi connectivity index (χ1n) is 9.21. The molecule has 1 aromatic carbocycles. The fraction of sp³-hybridized carbons (Fsp3) is 0.400. The number of carbonyl (C=O) groups excluding carboxylic acids is 1. The molecule has 136 valence electrons. The van der Waals surface area contributed by atoms with Crippen LogP contribution in [-0.4, -0.2) is 27.9 Å². The van der Waals surface area contributed by atoms with E-state index >= 15 is 0 Å². The summed E-state index contributed by atoms with van der Waals surface area (Å²) in [5, 5.41) is 5.18. The molecule has 0 spiro atoms. The first kappa shape index (κ1) is 17.1. The van der Waals surface area contributed by atoms with Crippen LogP contribution in [0.2, 0.25) is 0 Å². The van der Waals surface area contributed by atoms with E-state index in [0.717, 1.165) is 40.5 Å². The number of fused-ring (bicyclic) bond motifs is 1. The molecule has 0 bridgehead atoms. The number of thiazole rings is 1. The molecule has 1 saturated carbocycles. The van der Waals surface area contributed by atoms with Crippen LogP contribution in [0, 0.1) is 0 Å². The van der Waals surface area contributed by atoms with Crippen molar-refractivity contribution in [1.82, 2.24) is 14.7 Å². The summed E-state index contributed by atoms with van der Waals surface area (Å²) in [6.45, 7) is 2.63. The number of carbonyl (C=O) groups is 1. The average Bonchev–Trinajstić information content (AvgIpc) is 3.35. The average molecular weight is 369 g/mol. The van der Waals surface area contributed by atoms with Crippen LogP contribution in [0.4, 0.5) is 0 Å². The van der Waals surface area contributed by atoms with Crippen LogP contribution in [0.1, 0.15) is 38.3 Å². The highest BCUT2D eigenvalue weighted by Gasteiger charge is 2.18. The van der Waals surface area contributed by atoms with Gasteiger partial charge in [0.25, 0.3) is 0 Å². The third kappa shape index (κ3) is 3.60. The van der Waals surface area contributed by atoms with Gasteiger partial charge in [0.15, 0.2) is 4.96 Å². The first-order chi connectivity index (χ1) is 12.7. The van der Waals surface area contributed by atoms with Gasteiger partial charge in [-0.3, -0.25) is 9.20 Å². The zero-order chi connectivity index (χ0) is 17.9. The van der Waals surface area contributed by atoms with E-state index in [1.54, 1.807) is 11.3 Å². The zero-order valence-electron chi connectivity index (χ0n) is 14.9. The molecular weight excluding hydrogens is 346 g/mol. The van der Waals surface area contributed by atoms with E-state index in [4.69, 9.17) is 9.72 Å². The number of nitrogens with zero attached hydrogens (tertiary/aromatic N) is 2. The number of nitrogens with one attached hydrogen (secondary N) is 1. The van der Waals surface area contributed by atoms with Crippen molar-refractivity contribution in [2.24, 2.45) is 0 Å². The summed E-state index contributed by atoms with van der Waals surface area (Å²) in [5.74, 6) is 0.967. The van der Waals surface area contributed by atoms with Crippen LogP contribution in [0.25, 0.3) is 16.2 Å². The molecule has 0 unspecified atom stereocenters. The lowest BCUT2D eigenvalue weighted by atomic mass is 10.1. The quantitative estimate of drug-likeness (QED) is 0.713. The van der Waals surface area contributed by atoms with E-state index in [1.807, 2.05) is 47.2 Å². The maximum Gasteiger partial charge on any atom is 0.226 e. The number of benzene rings is 1. The highest BCUT2D eigenvalue weighted by atomic mass is 32.1. The van der Waals surface area contributed by atoms with Crippen molar-refractivity contribution < 1.29 is 9.53 Å². The molecule has 0 aliphatic heterocycles. The van der Waals surface area contributed by atoms with Crippen molar-refractivity contribution in [2.75, 3.05) is 6.61 Å². The third-order valence-electron chi connectivity index (χ3n) is 4.81. The van der Waals surface area contributed by atoms with Crippen molar-refractivity contribution in [3.8, 4) is 17.0 Å². The Labute approximate surface area is 157 Å². The van der Waals surface area contributed by atoms with Gasteiger partial charge in [0.05, 0.1) is 18.7 Å². The summed E-state index contributed by atoms with van der Waals surface area (Å²) in [6, 6.07) is 8.32. The maximum absolute atomic E-state index is 12.3. The zero-order valence-corrected chi connectivity index (χ0v) is 15.7. The van der Waals surface area contributed by atoms with Crippen molar-refractivity contribution in [3.63, 3.8) is 0 Å². The Morgan fingerprint density at radius 1 is 1.31 bits per heavy atom. The van der Waals surface area contributed by atoms with Crippen molar-refractivity contribution >= 4 is 22.2 Å². The van der Waals surface area contributed by atoms with Crippen LogP contribution in [0.15, 0.2) is 35.8 Å². The van der Waals surface area contributed by atoms with E-state index < -0.39 is 0 Å². The summed E-state index contributed by atoms with van der Waals surface area (Å²) >= 11 is 1.57. The smallest absolute Gasteiger partial charge is 0.226 e. The molecule has 0 radical (unpaired) electrons. The Morgan fingerprint density at radius 3 is 2.81 bits per heavy atom. The number of ether oxygens (including phenoxy) is 1. The monoisotopic (exact) mass is 369 g/mol. The normalized spacial score (nSPS) is 14.8. The predicted molar refractivity (Wildman–Crippen MR) is 104 cm³/mol. The first-order valence-corrected chi connectivity index (χ1v) is 10.1. The summed E-state index contributed by atoms with van der Waals surface area (Å²) in [4.78, 5) is 17.9. The van der Waals surface area contributed by atoms with Crippen LogP contribution < -0.4 is 10.1 Å². The lowest BCUT2D eigenvalue weighted by molar-refractivity contribution is -0.121. The molecule has 5 nitrogen and oxygen atoms in total. The van der Waals surface area contributed by atoms with E-state index in [2.05, 4.69) is 5.32 Å². The molecular formula is C20H23N3O2S. The van der Waals surface area contributed by atoms with Crippen molar-refractivity contribution in [2.45, 2.75) is 45.1 Å². The predicted octanol–water partition coefficient (Wildman–Crippen LogP) is 4.06. The van der Waals surface area contributed by atoms with Crippen LogP contribution in [0.3, 0.4) is 0 Å². The van der Waals surface area contributed by atoms with Crippen molar-refractivity contribution in [3.05, 3.63) is 41.5 Å². The summed E-state index contributed by atoms with van der Waals surface area (Å²) in [7, 11) is 0. The van der Waals surface area contributed by atoms with Gasteiger partial charge in [0, 0.05) is 28.9 Å². The topological polar surface area (TPSA) is 55.6 Å². The van der Waals surface area contributed by atoms with Gasteiger partial charge in [-0.15, -0.1) is 11.3 Å². The molecule has 0 atom stereocenters. The Morgan fingerprint density at radius 2 is 2.08 bits per heavy atom. The number of hydrogen-bond acceptors (Lipinski definition) is 4. The fourth-order valence-electron chi connectivity index (χ4n) is 3.50. The van der Waals surface area contributed by atoms with Crippen LogP contribution in [0.5, 0.6) is 5.75 Å². The largest absolute Gasteiger partial charge is 0.494 e. The van der Waals surface area contributed by atoms with E-state index in [-0.39, 0.29) is 5.91 Å². The van der Waals surface area contributed by atoms with Gasteiger partial charge in [-0.05, 0) is 44.0 Å². The minimum absolute atomic E-state index is 0.105. The highest BCUT2D eigenvalue weighted by molar-refractivity contribution is 7.15. The summed E-state index contributed by atoms with van der Waals surface area (Å²) in [5.41, 5.74) is 2.95. The van der Waals surface area contributed by atoms with Gasteiger partial charge in [0.2, 0.25) is 5.91 Å². The summed E-state index contributed by atoms with van der Waals surface area (Å²) < 4.78 is 7.52. The van der Waals surface area contributed by atoms with E-state index in [9.17, 15) is 4.79 Å². The van der Waals surface area contributed by atoms with Gasteiger partial charge >= 0.3 is 0 Å². The molecule has 1 amide bonds. The van der Waals surface area contributed by atoms with Crippen molar-refractivity contribution in [1.29, 1.82) is 0 Å². The van der Waals surface area contributed by atoms with Gasteiger partial charge in [0.1, 0.15) is 5.75 Å². The third-order valence-corrected chi connectivity index (χ3v) is 5.70. The van der Waals surface area contributed by atoms with Gasteiger partial charge in [-0.2, -0.15) is 0 Å². The number of hydrogen-bond donors (Lipinski definition) is 1. The molecule has 1 aliphatic carbocycles. The molecule has 0 saturated heterocycles. The SMILES string of the molecule is CCOc1ccc(-c2cn3c(CC(=O)NC4CCCC4)csc3n2)cc1. The second kappa shape index (κ2) is 7.50. The Kier molecular flexibility index (Phi) is 4.93. The van der Waals surface area contributed by atoms with Gasteiger partial charge < -0.3 is 10.1 Å². The van der Waals surface area contributed by atoms with Gasteiger partial charge in [-0.25, -0.2) is 4.98 Å².